The zero-order valence-corrected chi connectivity index (χ0v) is 16.3. The van der Waals surface area contributed by atoms with Gasteiger partial charge in [0.1, 0.15) is 5.69 Å². The van der Waals surface area contributed by atoms with Gasteiger partial charge >= 0.3 is 0 Å². The van der Waals surface area contributed by atoms with Gasteiger partial charge in [0.25, 0.3) is 0 Å². The zero-order valence-electron chi connectivity index (χ0n) is 15.5. The van der Waals surface area contributed by atoms with Gasteiger partial charge in [0, 0.05) is 56.2 Å². The van der Waals surface area contributed by atoms with E-state index in [0.717, 1.165) is 46.8 Å². The molecule has 0 spiro atoms. The molecule has 0 bridgehead atoms. The van der Waals surface area contributed by atoms with Crippen LogP contribution in [0.4, 0.5) is 0 Å². The number of nitrogens with zero attached hydrogens (tertiary/aromatic N) is 6. The standard InChI is InChI=1S/C20H22N6S/c1-3-25-12-10-21-19(25)18-17(16-7-5-4-6-8-16)23-15-26(18)13-14-27-20-22-9-11-24(20)2/h4-12,15H,3,13-14H2,1-2H3. The van der Waals surface area contributed by atoms with Crippen molar-refractivity contribution in [1.82, 2.24) is 28.7 Å². The molecule has 0 N–H and O–H groups in total. The highest BCUT2D eigenvalue weighted by atomic mass is 32.2. The summed E-state index contributed by atoms with van der Waals surface area (Å²) in [5, 5.41) is 1.02. The first-order valence-corrected chi connectivity index (χ1v) is 9.98. The first-order valence-electron chi connectivity index (χ1n) is 9.00. The Morgan fingerprint density at radius 2 is 1.78 bits per heavy atom. The first kappa shape index (κ1) is 17.6. The van der Waals surface area contributed by atoms with Gasteiger partial charge in [0.15, 0.2) is 11.0 Å². The molecule has 0 aliphatic carbocycles. The Labute approximate surface area is 162 Å². The zero-order chi connectivity index (χ0) is 18.6. The highest BCUT2D eigenvalue weighted by Gasteiger charge is 2.18. The van der Waals surface area contributed by atoms with Gasteiger partial charge in [0.2, 0.25) is 0 Å². The Morgan fingerprint density at radius 1 is 0.963 bits per heavy atom. The van der Waals surface area contributed by atoms with Crippen LogP contribution in [0.5, 0.6) is 0 Å². The molecule has 3 aromatic heterocycles. The highest BCUT2D eigenvalue weighted by Crippen LogP contribution is 2.30. The summed E-state index contributed by atoms with van der Waals surface area (Å²) in [6.07, 6.45) is 9.59. The molecule has 0 amide bonds. The van der Waals surface area contributed by atoms with Gasteiger partial charge in [-0.3, -0.25) is 0 Å². The van der Waals surface area contributed by atoms with Crippen LogP contribution in [0.1, 0.15) is 6.92 Å². The quantitative estimate of drug-likeness (QED) is 0.457. The lowest BCUT2D eigenvalue weighted by Gasteiger charge is -2.11. The summed E-state index contributed by atoms with van der Waals surface area (Å²) >= 11 is 1.75. The Balaban J connectivity index is 1.67. The summed E-state index contributed by atoms with van der Waals surface area (Å²) in [4.78, 5) is 13.7. The molecule has 4 aromatic rings. The molecule has 0 aliphatic heterocycles. The van der Waals surface area contributed by atoms with Crippen molar-refractivity contribution in [3.8, 4) is 22.8 Å². The molecule has 0 fully saturated rings. The maximum absolute atomic E-state index is 4.73. The number of hydrogen-bond donors (Lipinski definition) is 0. The van der Waals surface area contributed by atoms with E-state index in [1.165, 1.54) is 0 Å². The summed E-state index contributed by atoms with van der Waals surface area (Å²) in [6, 6.07) is 10.3. The van der Waals surface area contributed by atoms with Crippen LogP contribution in [0.15, 0.2) is 66.6 Å². The van der Waals surface area contributed by atoms with Gasteiger partial charge in [-0.1, -0.05) is 42.1 Å². The van der Waals surface area contributed by atoms with Crippen molar-refractivity contribution < 1.29 is 0 Å². The van der Waals surface area contributed by atoms with E-state index in [-0.39, 0.29) is 0 Å². The van der Waals surface area contributed by atoms with E-state index in [1.807, 2.05) is 60.9 Å². The third-order valence-electron chi connectivity index (χ3n) is 4.49. The summed E-state index contributed by atoms with van der Waals surface area (Å²) in [7, 11) is 2.02. The van der Waals surface area contributed by atoms with E-state index in [0.29, 0.717) is 0 Å². The Morgan fingerprint density at radius 3 is 2.52 bits per heavy atom. The number of benzene rings is 1. The van der Waals surface area contributed by atoms with Gasteiger partial charge < -0.3 is 13.7 Å². The van der Waals surface area contributed by atoms with Crippen LogP contribution in [-0.2, 0) is 20.1 Å². The van der Waals surface area contributed by atoms with Crippen molar-refractivity contribution in [3.05, 3.63) is 61.4 Å². The summed E-state index contributed by atoms with van der Waals surface area (Å²) in [6.45, 7) is 3.84. The number of imidazole rings is 3. The summed E-state index contributed by atoms with van der Waals surface area (Å²) in [5.41, 5.74) is 3.14. The smallest absolute Gasteiger partial charge is 0.167 e. The highest BCUT2D eigenvalue weighted by molar-refractivity contribution is 7.99. The molecule has 0 atom stereocenters. The molecular weight excluding hydrogens is 356 g/mol. The number of hydrogen-bond acceptors (Lipinski definition) is 4. The Kier molecular flexibility index (Phi) is 5.11. The van der Waals surface area contributed by atoms with Crippen LogP contribution in [0, 0.1) is 0 Å². The monoisotopic (exact) mass is 378 g/mol. The molecule has 0 saturated carbocycles. The van der Waals surface area contributed by atoms with Crippen LogP contribution in [-0.4, -0.2) is 34.4 Å². The van der Waals surface area contributed by atoms with E-state index in [1.54, 1.807) is 11.8 Å². The number of aryl methyl sites for hydroxylation is 3. The molecule has 3 heterocycles. The van der Waals surface area contributed by atoms with Crippen LogP contribution in [0.3, 0.4) is 0 Å². The fourth-order valence-corrected chi connectivity index (χ4v) is 3.97. The predicted octanol–water partition coefficient (Wildman–Crippen LogP) is 3.96. The van der Waals surface area contributed by atoms with Gasteiger partial charge in [-0.15, -0.1) is 0 Å². The SMILES string of the molecule is CCn1ccnc1-c1c(-c2ccccc2)ncn1CCSc1nccn1C. The van der Waals surface area contributed by atoms with Gasteiger partial charge in [-0.05, 0) is 6.92 Å². The molecule has 0 radical (unpaired) electrons. The minimum atomic E-state index is 0.837. The maximum Gasteiger partial charge on any atom is 0.167 e. The van der Waals surface area contributed by atoms with Crippen LogP contribution < -0.4 is 0 Å². The van der Waals surface area contributed by atoms with E-state index in [9.17, 15) is 0 Å². The molecular formula is C20H22N6S. The average molecular weight is 379 g/mol. The van der Waals surface area contributed by atoms with Gasteiger partial charge in [-0.2, -0.15) is 0 Å². The Hall–Kier alpha value is -2.80. The van der Waals surface area contributed by atoms with E-state index in [2.05, 4.69) is 38.2 Å². The Bertz CT molecular complexity index is 1010. The lowest BCUT2D eigenvalue weighted by Crippen LogP contribution is -2.06. The molecule has 7 heteroatoms. The molecule has 0 aliphatic rings. The number of rotatable bonds is 7. The van der Waals surface area contributed by atoms with Crippen LogP contribution in [0.25, 0.3) is 22.8 Å². The van der Waals surface area contributed by atoms with Crippen molar-refractivity contribution in [2.24, 2.45) is 7.05 Å². The second-order valence-corrected chi connectivity index (χ2v) is 7.27. The third kappa shape index (κ3) is 3.55. The lowest BCUT2D eigenvalue weighted by molar-refractivity contribution is 0.733. The molecule has 6 nitrogen and oxygen atoms in total. The summed E-state index contributed by atoms with van der Waals surface area (Å²) in [5.74, 6) is 1.87. The van der Waals surface area contributed by atoms with Crippen molar-refractivity contribution >= 4 is 11.8 Å². The van der Waals surface area contributed by atoms with Gasteiger partial charge in [-0.25, -0.2) is 15.0 Å². The first-order chi connectivity index (χ1) is 13.3. The van der Waals surface area contributed by atoms with E-state index in [4.69, 9.17) is 4.98 Å². The topological polar surface area (TPSA) is 53.5 Å². The fraction of sp³-hybridized carbons (Fsp3) is 0.250. The van der Waals surface area contributed by atoms with Crippen molar-refractivity contribution in [2.45, 2.75) is 25.2 Å². The van der Waals surface area contributed by atoms with Gasteiger partial charge in [0.05, 0.1) is 12.0 Å². The second kappa shape index (κ2) is 7.84. The molecule has 27 heavy (non-hydrogen) atoms. The van der Waals surface area contributed by atoms with E-state index < -0.39 is 0 Å². The largest absolute Gasteiger partial charge is 0.330 e. The minimum Gasteiger partial charge on any atom is -0.330 e. The molecule has 138 valence electrons. The second-order valence-electron chi connectivity index (χ2n) is 6.21. The van der Waals surface area contributed by atoms with E-state index >= 15 is 0 Å². The lowest BCUT2D eigenvalue weighted by atomic mass is 10.1. The fourth-order valence-electron chi connectivity index (χ4n) is 3.10. The maximum atomic E-state index is 4.73. The van der Waals surface area contributed by atoms with Crippen LogP contribution >= 0.6 is 11.8 Å². The third-order valence-corrected chi connectivity index (χ3v) is 5.53. The van der Waals surface area contributed by atoms with Crippen molar-refractivity contribution in [2.75, 3.05) is 5.75 Å². The summed E-state index contributed by atoms with van der Waals surface area (Å²) < 4.78 is 6.40. The number of thioether (sulfide) groups is 1. The van der Waals surface area contributed by atoms with Crippen molar-refractivity contribution in [3.63, 3.8) is 0 Å². The normalized spacial score (nSPS) is 11.2. The molecule has 0 unspecified atom stereocenters. The average Bonchev–Trinajstić information content (AvgIpc) is 3.42. The van der Waals surface area contributed by atoms with Crippen molar-refractivity contribution in [1.29, 1.82) is 0 Å². The van der Waals surface area contributed by atoms with Crippen LogP contribution in [0.2, 0.25) is 0 Å². The molecule has 0 saturated heterocycles. The predicted molar refractivity (Wildman–Crippen MR) is 108 cm³/mol. The molecule has 1 aromatic carbocycles. The molecule has 4 rings (SSSR count). The minimum absolute atomic E-state index is 0.837. The number of aromatic nitrogens is 6.